The van der Waals surface area contributed by atoms with Gasteiger partial charge in [0, 0.05) is 31.9 Å². The molecule has 2 fully saturated rings. The van der Waals surface area contributed by atoms with Crippen LogP contribution in [0.5, 0.6) is 0 Å². The number of hydrogen-bond donors (Lipinski definition) is 1. The number of benzene rings is 1. The van der Waals surface area contributed by atoms with Crippen LogP contribution in [0.3, 0.4) is 0 Å². The molecule has 0 aliphatic carbocycles. The fourth-order valence-electron chi connectivity index (χ4n) is 3.18. The summed E-state index contributed by atoms with van der Waals surface area (Å²) in [5.74, 6) is 2.24. The van der Waals surface area contributed by atoms with Crippen LogP contribution in [0.15, 0.2) is 30.3 Å². The first-order chi connectivity index (χ1) is 11.4. The molecule has 2 aromatic rings. The molecule has 0 spiro atoms. The number of nitrogens with zero attached hydrogens (tertiary/aromatic N) is 5. The lowest BCUT2D eigenvalue weighted by Crippen LogP contribution is -2.25. The lowest BCUT2D eigenvalue weighted by atomic mass is 10.3. The van der Waals surface area contributed by atoms with Crippen LogP contribution >= 0.6 is 12.4 Å². The Labute approximate surface area is 148 Å². The van der Waals surface area contributed by atoms with Gasteiger partial charge in [-0.1, -0.05) is 18.2 Å². The van der Waals surface area contributed by atoms with Crippen LogP contribution in [-0.2, 0) is 0 Å². The molecule has 1 aromatic heterocycles. The predicted molar refractivity (Wildman–Crippen MR) is 99.7 cm³/mol. The Morgan fingerprint density at radius 1 is 0.708 bits per heavy atom. The minimum Gasteiger partial charge on any atom is -0.341 e. The van der Waals surface area contributed by atoms with Crippen LogP contribution in [0.2, 0.25) is 0 Å². The summed E-state index contributed by atoms with van der Waals surface area (Å²) in [5.41, 5.74) is 0.999. The molecular weight excluding hydrogens is 324 g/mol. The Morgan fingerprint density at radius 2 is 1.21 bits per heavy atom. The van der Waals surface area contributed by atoms with Crippen molar-refractivity contribution in [2.45, 2.75) is 25.7 Å². The highest BCUT2D eigenvalue weighted by molar-refractivity contribution is 5.85. The van der Waals surface area contributed by atoms with Gasteiger partial charge in [0.1, 0.15) is 0 Å². The molecule has 0 saturated carbocycles. The lowest BCUT2D eigenvalue weighted by molar-refractivity contribution is 0.841. The van der Waals surface area contributed by atoms with Gasteiger partial charge in [-0.25, -0.2) is 0 Å². The van der Waals surface area contributed by atoms with Crippen molar-refractivity contribution in [2.24, 2.45) is 0 Å². The monoisotopic (exact) mass is 346 g/mol. The van der Waals surface area contributed by atoms with Crippen molar-refractivity contribution in [1.29, 1.82) is 0 Å². The van der Waals surface area contributed by atoms with E-state index in [2.05, 4.69) is 25.1 Å². The van der Waals surface area contributed by atoms with Crippen LogP contribution in [0, 0.1) is 0 Å². The quantitative estimate of drug-likeness (QED) is 0.917. The number of nitrogens with one attached hydrogen (secondary N) is 1. The number of para-hydroxylation sites is 1. The van der Waals surface area contributed by atoms with Crippen LogP contribution in [-0.4, -0.2) is 41.1 Å². The minimum atomic E-state index is 0. The Bertz CT molecular complexity index is 619. The SMILES string of the molecule is Cl.c1ccc(Nc2nc(N3CCCC3)nc(N3CCCC3)n2)cc1. The number of rotatable bonds is 4. The second-order valence-electron chi connectivity index (χ2n) is 6.14. The van der Waals surface area contributed by atoms with Crippen LogP contribution in [0.25, 0.3) is 0 Å². The van der Waals surface area contributed by atoms with Gasteiger partial charge in [-0.3, -0.25) is 0 Å². The molecule has 24 heavy (non-hydrogen) atoms. The smallest absolute Gasteiger partial charge is 0.233 e. The summed E-state index contributed by atoms with van der Waals surface area (Å²) in [6.07, 6.45) is 4.86. The summed E-state index contributed by atoms with van der Waals surface area (Å²) in [6.45, 7) is 4.14. The van der Waals surface area contributed by atoms with Gasteiger partial charge in [0.25, 0.3) is 0 Å². The lowest BCUT2D eigenvalue weighted by Gasteiger charge is -2.20. The van der Waals surface area contributed by atoms with Crippen molar-refractivity contribution in [3.8, 4) is 0 Å². The van der Waals surface area contributed by atoms with Gasteiger partial charge >= 0.3 is 0 Å². The van der Waals surface area contributed by atoms with Crippen molar-refractivity contribution in [2.75, 3.05) is 41.3 Å². The zero-order chi connectivity index (χ0) is 15.5. The Morgan fingerprint density at radius 3 is 1.71 bits per heavy atom. The molecule has 0 amide bonds. The maximum atomic E-state index is 4.73. The zero-order valence-electron chi connectivity index (χ0n) is 13.7. The van der Waals surface area contributed by atoms with E-state index in [-0.39, 0.29) is 12.4 Å². The zero-order valence-corrected chi connectivity index (χ0v) is 14.5. The van der Waals surface area contributed by atoms with E-state index in [1.165, 1.54) is 25.7 Å². The van der Waals surface area contributed by atoms with E-state index in [0.29, 0.717) is 5.95 Å². The van der Waals surface area contributed by atoms with E-state index in [0.717, 1.165) is 43.8 Å². The molecule has 4 rings (SSSR count). The Kier molecular flexibility index (Phi) is 5.35. The maximum absolute atomic E-state index is 4.73. The first-order valence-electron chi connectivity index (χ1n) is 8.46. The van der Waals surface area contributed by atoms with E-state index in [1.807, 2.05) is 30.3 Å². The average Bonchev–Trinajstić information content (AvgIpc) is 3.29. The molecule has 2 saturated heterocycles. The molecule has 1 aromatic carbocycles. The number of aromatic nitrogens is 3. The molecule has 3 heterocycles. The molecule has 1 N–H and O–H groups in total. The van der Waals surface area contributed by atoms with E-state index in [4.69, 9.17) is 4.98 Å². The van der Waals surface area contributed by atoms with Gasteiger partial charge in [-0.05, 0) is 37.8 Å². The third-order valence-corrected chi connectivity index (χ3v) is 4.42. The van der Waals surface area contributed by atoms with Crippen LogP contribution in [0.4, 0.5) is 23.5 Å². The van der Waals surface area contributed by atoms with Crippen LogP contribution < -0.4 is 15.1 Å². The summed E-state index contributed by atoms with van der Waals surface area (Å²) < 4.78 is 0. The fourth-order valence-corrected chi connectivity index (χ4v) is 3.18. The normalized spacial score (nSPS) is 17.0. The largest absolute Gasteiger partial charge is 0.341 e. The highest BCUT2D eigenvalue weighted by Crippen LogP contribution is 2.24. The molecule has 7 heteroatoms. The highest BCUT2D eigenvalue weighted by Gasteiger charge is 2.21. The number of halogens is 1. The average molecular weight is 347 g/mol. The summed E-state index contributed by atoms with van der Waals surface area (Å²) >= 11 is 0. The topological polar surface area (TPSA) is 57.2 Å². The maximum Gasteiger partial charge on any atom is 0.233 e. The molecule has 0 unspecified atom stereocenters. The van der Waals surface area contributed by atoms with Crippen molar-refractivity contribution in [3.63, 3.8) is 0 Å². The second kappa shape index (κ2) is 7.66. The van der Waals surface area contributed by atoms with Crippen molar-refractivity contribution >= 4 is 35.9 Å². The van der Waals surface area contributed by atoms with E-state index in [1.54, 1.807) is 0 Å². The van der Waals surface area contributed by atoms with Gasteiger partial charge in [0.15, 0.2) is 0 Å². The number of hydrogen-bond acceptors (Lipinski definition) is 6. The summed E-state index contributed by atoms with van der Waals surface area (Å²) in [7, 11) is 0. The molecule has 2 aliphatic heterocycles. The molecular formula is C17H23ClN6. The molecule has 128 valence electrons. The van der Waals surface area contributed by atoms with Gasteiger partial charge in [0.05, 0.1) is 0 Å². The fraction of sp³-hybridized carbons (Fsp3) is 0.471. The Balaban J connectivity index is 0.00000169. The summed E-state index contributed by atoms with van der Waals surface area (Å²) in [6, 6.07) is 10.1. The van der Waals surface area contributed by atoms with Gasteiger partial charge in [0.2, 0.25) is 17.8 Å². The highest BCUT2D eigenvalue weighted by atomic mass is 35.5. The summed E-state index contributed by atoms with van der Waals surface area (Å²) in [5, 5.41) is 3.32. The standard InChI is InChI=1S/C17H22N6.ClH/c1-2-8-14(9-3-1)18-15-19-16(22-10-4-5-11-22)21-17(20-15)23-12-6-7-13-23;/h1-3,8-9H,4-7,10-13H2,(H,18,19,20,21);1H. The Hall–Kier alpha value is -2.08. The number of anilines is 4. The van der Waals surface area contributed by atoms with Crippen molar-refractivity contribution in [1.82, 2.24) is 15.0 Å². The third kappa shape index (κ3) is 3.70. The van der Waals surface area contributed by atoms with Crippen molar-refractivity contribution < 1.29 is 0 Å². The van der Waals surface area contributed by atoms with Gasteiger partial charge in [-0.2, -0.15) is 15.0 Å². The minimum absolute atomic E-state index is 0. The first kappa shape index (κ1) is 16.8. The van der Waals surface area contributed by atoms with E-state index < -0.39 is 0 Å². The van der Waals surface area contributed by atoms with Crippen LogP contribution in [0.1, 0.15) is 25.7 Å². The third-order valence-electron chi connectivity index (χ3n) is 4.42. The van der Waals surface area contributed by atoms with Crippen molar-refractivity contribution in [3.05, 3.63) is 30.3 Å². The van der Waals surface area contributed by atoms with Gasteiger partial charge in [-0.15, -0.1) is 12.4 Å². The molecule has 6 nitrogen and oxygen atoms in total. The molecule has 0 radical (unpaired) electrons. The molecule has 0 bridgehead atoms. The summed E-state index contributed by atoms with van der Waals surface area (Å²) in [4.78, 5) is 18.5. The molecule has 0 atom stereocenters. The van der Waals surface area contributed by atoms with E-state index in [9.17, 15) is 0 Å². The predicted octanol–water partition coefficient (Wildman–Crippen LogP) is 3.24. The van der Waals surface area contributed by atoms with E-state index >= 15 is 0 Å². The van der Waals surface area contributed by atoms with Gasteiger partial charge < -0.3 is 15.1 Å². The first-order valence-corrected chi connectivity index (χ1v) is 8.46. The second-order valence-corrected chi connectivity index (χ2v) is 6.14. The molecule has 2 aliphatic rings.